The molecule has 0 spiro atoms. The largest absolute Gasteiger partial charge is 0.505 e. The maximum Gasteiger partial charge on any atom is 0.369 e. The molecule has 0 atom stereocenters. The molecule has 1 aliphatic heterocycles. The number of ether oxygens (including phenoxy) is 3. The Morgan fingerprint density at radius 1 is 0.717 bits per heavy atom. The first-order chi connectivity index (χ1) is 25.1. The molecule has 53 heavy (non-hydrogen) atoms. The second-order valence-electron chi connectivity index (χ2n) is 11.4. The number of carboxylic acids is 4. The van der Waals surface area contributed by atoms with E-state index in [1.165, 1.54) is 18.2 Å². The van der Waals surface area contributed by atoms with E-state index in [1.807, 2.05) is 0 Å². The van der Waals surface area contributed by atoms with E-state index in [1.54, 1.807) is 0 Å². The maximum absolute atomic E-state index is 14.7. The van der Waals surface area contributed by atoms with Crippen LogP contribution in [0, 0.1) is 17.5 Å². The lowest BCUT2D eigenvalue weighted by Crippen LogP contribution is -2.35. The zero-order valence-electron chi connectivity index (χ0n) is 27.1. The van der Waals surface area contributed by atoms with Gasteiger partial charge in [0.25, 0.3) is 0 Å². The van der Waals surface area contributed by atoms with Crippen LogP contribution in [0.15, 0.2) is 72.0 Å². The lowest BCUT2D eigenvalue weighted by molar-refractivity contribution is -0.508. The van der Waals surface area contributed by atoms with Crippen LogP contribution >= 0.6 is 0 Å². The molecule has 0 saturated carbocycles. The number of fused-ring (bicyclic) bond motifs is 2. The average Bonchev–Trinajstić information content (AvgIpc) is 3.06. The fraction of sp³-hybridized carbons (Fsp3) is 0.171. The number of carboxylic acid groups (broad SMARTS) is 4. The van der Waals surface area contributed by atoms with Crippen molar-refractivity contribution in [2.45, 2.75) is 0 Å². The van der Waals surface area contributed by atoms with Gasteiger partial charge in [0.15, 0.2) is 28.9 Å². The van der Waals surface area contributed by atoms with Crippen molar-refractivity contribution < 1.29 is 81.8 Å². The second-order valence-corrected chi connectivity index (χ2v) is 11.4. The minimum atomic E-state index is -1.40. The van der Waals surface area contributed by atoms with Crippen LogP contribution in [-0.2, 0) is 23.9 Å². The standard InChI is InChI=1S/C35H27F3N2O13/c36-18-2-4-24(40(15-33(47)48)16-34(49)50)30(8-18)52-6-5-51-29-7-17(1-3-23(29)39(13-31(43)44)14-32(45)46)35-19-9-21(37)25(41)11-27(19)53-28-12-26(42)22(38)10-20(28)35/h1-4,7-12H,5-6,13-16H2,(H5,41,42,43,44,45,46,47,48,49,50)/p+1. The molecule has 276 valence electrons. The van der Waals surface area contributed by atoms with Crippen LogP contribution in [0.3, 0.4) is 0 Å². The Hall–Kier alpha value is -6.98. The van der Waals surface area contributed by atoms with Crippen molar-refractivity contribution in [3.8, 4) is 28.7 Å². The summed E-state index contributed by atoms with van der Waals surface area (Å²) < 4.78 is 61.9. The van der Waals surface area contributed by atoms with Crippen LogP contribution in [0.5, 0.6) is 28.7 Å². The van der Waals surface area contributed by atoms with Gasteiger partial charge in [-0.2, -0.15) is 0 Å². The molecule has 1 aliphatic carbocycles. The third-order valence-electron chi connectivity index (χ3n) is 7.61. The number of phenols is 2. The van der Waals surface area contributed by atoms with Crippen molar-refractivity contribution in [1.82, 2.24) is 0 Å². The number of hydrogen-bond acceptors (Lipinski definition) is 10. The highest BCUT2D eigenvalue weighted by Gasteiger charge is 2.31. The van der Waals surface area contributed by atoms with E-state index < -0.39 is 92.2 Å². The van der Waals surface area contributed by atoms with Crippen molar-refractivity contribution in [3.05, 3.63) is 101 Å². The molecule has 3 aromatic rings. The molecule has 0 amide bonds. The van der Waals surface area contributed by atoms with E-state index in [-0.39, 0.29) is 56.7 Å². The van der Waals surface area contributed by atoms with Crippen LogP contribution in [0.2, 0.25) is 0 Å². The molecular weight excluding hydrogens is 713 g/mol. The number of carbonyl (C=O) groups is 4. The van der Waals surface area contributed by atoms with Crippen LogP contribution in [-0.4, -0.2) is 104 Å². The summed E-state index contributed by atoms with van der Waals surface area (Å²) in [6.07, 6.45) is 4.00. The third-order valence-corrected chi connectivity index (χ3v) is 7.61. The fourth-order valence-electron chi connectivity index (χ4n) is 5.54. The second kappa shape index (κ2) is 15.5. The molecule has 6 N–H and O–H groups in total. The summed E-state index contributed by atoms with van der Waals surface area (Å²) in [4.78, 5) is 47.2. The van der Waals surface area contributed by atoms with Gasteiger partial charge in [-0.05, 0) is 42.0 Å². The van der Waals surface area contributed by atoms with E-state index >= 15 is 0 Å². The summed E-state index contributed by atoms with van der Waals surface area (Å²) >= 11 is 0. The molecule has 18 heteroatoms. The summed E-state index contributed by atoms with van der Waals surface area (Å²) in [5, 5.41) is 57.7. The van der Waals surface area contributed by atoms with E-state index in [0.29, 0.717) is 0 Å². The monoisotopic (exact) mass is 741 g/mol. The van der Waals surface area contributed by atoms with Gasteiger partial charge >= 0.3 is 23.9 Å². The van der Waals surface area contributed by atoms with Gasteiger partial charge in [-0.25, -0.2) is 27.3 Å². The quantitative estimate of drug-likeness (QED) is 0.0804. The number of allylic oxidation sites excluding steroid dienone is 4. The molecule has 0 fully saturated rings. The Balaban J connectivity index is 1.57. The van der Waals surface area contributed by atoms with Crippen molar-refractivity contribution in [3.63, 3.8) is 0 Å². The van der Waals surface area contributed by atoms with Gasteiger partial charge in [-0.1, -0.05) is 0 Å². The summed E-state index contributed by atoms with van der Waals surface area (Å²) in [5.41, 5.74) is 0.203. The first-order valence-electron chi connectivity index (χ1n) is 15.3. The molecule has 2 aliphatic rings. The lowest BCUT2D eigenvalue weighted by Gasteiger charge is -2.26. The van der Waals surface area contributed by atoms with Gasteiger partial charge < -0.3 is 49.7 Å². The number of aliphatic carboxylic acids is 4. The summed E-state index contributed by atoms with van der Waals surface area (Å²) in [6.45, 7) is -3.97. The van der Waals surface area contributed by atoms with Gasteiger partial charge in [0.05, 0.1) is 5.69 Å². The number of aromatic hydroxyl groups is 2. The van der Waals surface area contributed by atoms with Crippen LogP contribution < -0.4 is 14.4 Å². The van der Waals surface area contributed by atoms with Crippen molar-refractivity contribution >= 4 is 40.8 Å². The maximum atomic E-state index is 14.7. The van der Waals surface area contributed by atoms with E-state index in [4.69, 9.17) is 14.2 Å². The summed E-state index contributed by atoms with van der Waals surface area (Å²) in [7, 11) is 0. The Morgan fingerprint density at radius 2 is 1.26 bits per heavy atom. The molecule has 15 nitrogen and oxygen atoms in total. The van der Waals surface area contributed by atoms with Crippen LogP contribution in [0.25, 0.3) is 5.57 Å². The molecule has 5 rings (SSSR count). The summed E-state index contributed by atoms with van der Waals surface area (Å²) in [6, 6.07) is 6.76. The number of halogens is 3. The van der Waals surface area contributed by atoms with Gasteiger partial charge in [-0.3, -0.25) is 9.59 Å². The average molecular weight is 742 g/mol. The lowest BCUT2D eigenvalue weighted by atomic mass is 9.87. The highest BCUT2D eigenvalue weighted by molar-refractivity contribution is 6.07. The van der Waals surface area contributed by atoms with Gasteiger partial charge in [0.2, 0.25) is 18.8 Å². The minimum Gasteiger partial charge on any atom is -0.505 e. The van der Waals surface area contributed by atoms with E-state index in [9.17, 15) is 63.0 Å². The fourth-order valence-corrected chi connectivity index (χ4v) is 5.54. The molecule has 3 aromatic carbocycles. The first kappa shape index (κ1) is 37.3. The Labute approximate surface area is 296 Å². The molecule has 1 heterocycles. The number of hydrogen-bond donors (Lipinski definition) is 6. The number of benzene rings is 3. The molecule has 0 bridgehead atoms. The van der Waals surface area contributed by atoms with Crippen LogP contribution in [0.1, 0.15) is 11.1 Å². The highest BCUT2D eigenvalue weighted by Crippen LogP contribution is 2.49. The van der Waals surface area contributed by atoms with Crippen molar-refractivity contribution in [2.24, 2.45) is 0 Å². The third kappa shape index (κ3) is 8.67. The predicted octanol–water partition coefficient (Wildman–Crippen LogP) is 3.57. The number of nitrogens with zero attached hydrogens (tertiary/aromatic N) is 2. The zero-order valence-corrected chi connectivity index (χ0v) is 27.1. The Kier molecular flexibility index (Phi) is 10.9. The van der Waals surface area contributed by atoms with Gasteiger partial charge in [0.1, 0.15) is 49.4 Å². The van der Waals surface area contributed by atoms with Gasteiger partial charge in [-0.15, -0.1) is 0 Å². The van der Waals surface area contributed by atoms with Gasteiger partial charge in [0, 0.05) is 41.0 Å². The van der Waals surface area contributed by atoms with E-state index in [0.717, 1.165) is 51.9 Å². The zero-order chi connectivity index (χ0) is 38.6. The topological polar surface area (TPSA) is 224 Å². The van der Waals surface area contributed by atoms with Crippen molar-refractivity contribution in [2.75, 3.05) is 44.3 Å². The number of rotatable bonds is 14. The first-order valence-corrected chi connectivity index (χ1v) is 15.3. The molecular formula is C35H28F3N2O13+. The normalized spacial score (nSPS) is 13.0. The molecule has 0 unspecified atom stereocenters. The predicted molar refractivity (Wildman–Crippen MR) is 175 cm³/mol. The summed E-state index contributed by atoms with van der Waals surface area (Å²) in [5.74, 6) is -10.6. The number of phenolic OH excluding ortho intramolecular Hbond substituents is 2. The minimum absolute atomic E-state index is 0.0266. The molecule has 0 aromatic heterocycles. The smallest absolute Gasteiger partial charge is 0.369 e. The Bertz CT molecular complexity index is 2070. The SMILES string of the molecule is O=C(O)CN(CC(=O)O)c1ccc(F)cc1OCCOC1=CC(=C2c3cc(F)c(O)cc3Oc3cc(O)c(F)cc32)C=CC1=[N+](CC(=O)O)CC(=O)O. The number of anilines is 1. The molecule has 0 saturated heterocycles. The van der Waals surface area contributed by atoms with Crippen molar-refractivity contribution in [1.29, 1.82) is 0 Å². The Morgan fingerprint density at radius 3 is 1.79 bits per heavy atom. The van der Waals surface area contributed by atoms with Crippen LogP contribution in [0.4, 0.5) is 18.9 Å². The highest BCUT2D eigenvalue weighted by atomic mass is 19.1. The molecule has 0 radical (unpaired) electrons. The van der Waals surface area contributed by atoms with E-state index in [2.05, 4.69) is 0 Å².